The minimum atomic E-state index is -4.32. The lowest BCUT2D eigenvalue weighted by molar-refractivity contribution is -0.139. The molecule has 0 spiro atoms. The topological polar surface area (TPSA) is 86.8 Å². The second-order valence-electron chi connectivity index (χ2n) is 8.39. The molecule has 37 heavy (non-hydrogen) atoms. The lowest BCUT2D eigenvalue weighted by atomic mass is 10.1. The third-order valence-corrected chi connectivity index (χ3v) is 7.74. The number of hydrogen-bond donors (Lipinski definition) is 1. The number of para-hydroxylation sites is 1. The zero-order valence-corrected chi connectivity index (χ0v) is 22.2. The van der Waals surface area contributed by atoms with Crippen molar-refractivity contribution in [1.82, 2.24) is 10.2 Å². The summed E-state index contributed by atoms with van der Waals surface area (Å²) in [5, 5.41) is 3.28. The van der Waals surface area contributed by atoms with Gasteiger partial charge in [-0.25, -0.2) is 12.8 Å². The summed E-state index contributed by atoms with van der Waals surface area (Å²) in [6.07, 6.45) is 0.708. The van der Waals surface area contributed by atoms with E-state index in [-0.39, 0.29) is 23.0 Å². The second-order valence-corrected chi connectivity index (χ2v) is 10.7. The second kappa shape index (κ2) is 12.7. The summed E-state index contributed by atoms with van der Waals surface area (Å²) in [4.78, 5) is 27.7. The van der Waals surface area contributed by atoms with E-state index in [0.29, 0.717) is 23.6 Å². The van der Waals surface area contributed by atoms with Crippen LogP contribution < -0.4 is 9.62 Å². The fraction of sp³-hybridized carbons (Fsp3) is 0.259. The number of hydrogen-bond acceptors (Lipinski definition) is 4. The fourth-order valence-electron chi connectivity index (χ4n) is 3.65. The van der Waals surface area contributed by atoms with Crippen LogP contribution in [0.25, 0.3) is 0 Å². The Labute approximate surface area is 221 Å². The van der Waals surface area contributed by atoms with Crippen LogP contribution in [0.2, 0.25) is 5.02 Å². The maximum absolute atomic E-state index is 14.8. The third-order valence-electron chi connectivity index (χ3n) is 5.71. The van der Waals surface area contributed by atoms with Crippen LogP contribution in [-0.4, -0.2) is 44.3 Å². The first-order valence-corrected chi connectivity index (χ1v) is 13.6. The summed E-state index contributed by atoms with van der Waals surface area (Å²) >= 11 is 5.99. The number of carbonyl (C=O) groups excluding carboxylic acids is 2. The van der Waals surface area contributed by atoms with Crippen molar-refractivity contribution in [3.63, 3.8) is 0 Å². The average molecular weight is 546 g/mol. The first kappa shape index (κ1) is 28.1. The molecule has 0 aliphatic carbocycles. The van der Waals surface area contributed by atoms with Crippen molar-refractivity contribution in [2.24, 2.45) is 0 Å². The number of nitrogens with one attached hydrogen (secondary N) is 1. The van der Waals surface area contributed by atoms with Crippen LogP contribution in [0.5, 0.6) is 0 Å². The maximum Gasteiger partial charge on any atom is 0.264 e. The van der Waals surface area contributed by atoms with Gasteiger partial charge in [-0.05, 0) is 55.3 Å². The van der Waals surface area contributed by atoms with Crippen molar-refractivity contribution in [1.29, 1.82) is 0 Å². The molecule has 0 aliphatic heterocycles. The summed E-state index contributed by atoms with van der Waals surface area (Å²) in [7, 11) is -4.32. The molecule has 0 bridgehead atoms. The maximum atomic E-state index is 14.8. The highest BCUT2D eigenvalue weighted by Crippen LogP contribution is 2.27. The van der Waals surface area contributed by atoms with Crippen LogP contribution in [0.15, 0.2) is 83.8 Å². The molecule has 196 valence electrons. The number of sulfonamides is 1. The van der Waals surface area contributed by atoms with Crippen LogP contribution in [0.1, 0.15) is 25.8 Å². The van der Waals surface area contributed by atoms with Crippen LogP contribution in [-0.2, 0) is 26.2 Å². The predicted molar refractivity (Wildman–Crippen MR) is 142 cm³/mol. The number of rotatable bonds is 11. The Morgan fingerprint density at radius 1 is 0.973 bits per heavy atom. The Hall–Kier alpha value is -3.43. The van der Waals surface area contributed by atoms with E-state index >= 15 is 0 Å². The lowest BCUT2D eigenvalue weighted by Crippen LogP contribution is -2.51. The fourth-order valence-corrected chi connectivity index (χ4v) is 5.22. The Balaban J connectivity index is 2.01. The zero-order valence-electron chi connectivity index (χ0n) is 20.6. The van der Waals surface area contributed by atoms with Crippen LogP contribution in [0.4, 0.5) is 10.1 Å². The largest absolute Gasteiger partial charge is 0.354 e. The number of benzene rings is 3. The van der Waals surface area contributed by atoms with Gasteiger partial charge in [-0.2, -0.15) is 0 Å². The smallest absolute Gasteiger partial charge is 0.264 e. The van der Waals surface area contributed by atoms with Gasteiger partial charge >= 0.3 is 0 Å². The van der Waals surface area contributed by atoms with Gasteiger partial charge in [0.15, 0.2) is 0 Å². The SMILES string of the molecule is CCCNC(=O)[C@H](C)N(Cc1ccc(Cl)cc1)C(=O)CN(c1ccccc1F)S(=O)(=O)c1ccccc1. The molecule has 0 saturated carbocycles. The minimum absolute atomic E-state index is 0.0210. The molecule has 0 aliphatic rings. The molecule has 0 heterocycles. The highest BCUT2D eigenvalue weighted by atomic mass is 35.5. The number of amides is 2. The summed E-state index contributed by atoms with van der Waals surface area (Å²) in [6, 6.07) is 18.7. The van der Waals surface area contributed by atoms with E-state index in [1.807, 2.05) is 6.92 Å². The summed E-state index contributed by atoms with van der Waals surface area (Å²) < 4.78 is 42.7. The van der Waals surface area contributed by atoms with Gasteiger partial charge in [0.2, 0.25) is 11.8 Å². The summed E-state index contributed by atoms with van der Waals surface area (Å²) in [5.41, 5.74) is 0.422. The van der Waals surface area contributed by atoms with Gasteiger partial charge in [-0.1, -0.05) is 61.0 Å². The molecule has 3 rings (SSSR count). The highest BCUT2D eigenvalue weighted by Gasteiger charge is 2.33. The van der Waals surface area contributed by atoms with Gasteiger partial charge in [0, 0.05) is 18.1 Å². The van der Waals surface area contributed by atoms with E-state index in [9.17, 15) is 22.4 Å². The van der Waals surface area contributed by atoms with Gasteiger partial charge in [-0.3, -0.25) is 13.9 Å². The van der Waals surface area contributed by atoms with Crippen molar-refractivity contribution in [2.75, 3.05) is 17.4 Å². The van der Waals surface area contributed by atoms with Crippen LogP contribution in [0, 0.1) is 5.82 Å². The monoisotopic (exact) mass is 545 g/mol. The lowest BCUT2D eigenvalue weighted by Gasteiger charge is -2.32. The normalized spacial score (nSPS) is 12.0. The highest BCUT2D eigenvalue weighted by molar-refractivity contribution is 7.92. The first-order valence-electron chi connectivity index (χ1n) is 11.8. The van der Waals surface area contributed by atoms with Crippen molar-refractivity contribution in [3.05, 3.63) is 95.3 Å². The van der Waals surface area contributed by atoms with Gasteiger partial charge in [-0.15, -0.1) is 0 Å². The number of halogens is 2. The van der Waals surface area contributed by atoms with Crippen molar-refractivity contribution < 1.29 is 22.4 Å². The minimum Gasteiger partial charge on any atom is -0.354 e. The van der Waals surface area contributed by atoms with Crippen molar-refractivity contribution >= 4 is 39.1 Å². The van der Waals surface area contributed by atoms with E-state index < -0.39 is 34.3 Å². The van der Waals surface area contributed by atoms with E-state index in [1.54, 1.807) is 49.4 Å². The van der Waals surface area contributed by atoms with Gasteiger partial charge in [0.25, 0.3) is 10.0 Å². The molecule has 0 saturated heterocycles. The molecule has 1 N–H and O–H groups in total. The number of carbonyl (C=O) groups is 2. The van der Waals surface area contributed by atoms with Crippen LogP contribution in [0.3, 0.4) is 0 Å². The van der Waals surface area contributed by atoms with E-state index in [1.165, 1.54) is 35.2 Å². The Morgan fingerprint density at radius 3 is 2.22 bits per heavy atom. The van der Waals surface area contributed by atoms with E-state index in [0.717, 1.165) is 10.4 Å². The van der Waals surface area contributed by atoms with E-state index in [4.69, 9.17) is 11.6 Å². The third kappa shape index (κ3) is 7.08. The Bertz CT molecular complexity index is 1320. The average Bonchev–Trinajstić information content (AvgIpc) is 2.90. The van der Waals surface area contributed by atoms with Gasteiger partial charge in [0.05, 0.1) is 10.6 Å². The summed E-state index contributed by atoms with van der Waals surface area (Å²) in [6.45, 7) is 3.21. The first-order chi connectivity index (χ1) is 17.6. The molecule has 0 fully saturated rings. The molecule has 3 aromatic carbocycles. The standard InChI is InChI=1S/C27H29ClFN3O4S/c1-3-17-30-27(34)20(2)31(18-21-13-15-22(28)16-14-21)26(33)19-32(25-12-8-7-11-24(25)29)37(35,36)23-9-5-4-6-10-23/h4-16,20H,3,17-19H2,1-2H3,(H,30,34)/t20-/m0/s1. The summed E-state index contributed by atoms with van der Waals surface area (Å²) in [5.74, 6) is -1.85. The van der Waals surface area contributed by atoms with E-state index in [2.05, 4.69) is 5.32 Å². The van der Waals surface area contributed by atoms with Crippen LogP contribution >= 0.6 is 11.6 Å². The molecule has 1 atom stereocenters. The molecule has 10 heteroatoms. The molecular formula is C27H29ClFN3O4S. The predicted octanol–water partition coefficient (Wildman–Crippen LogP) is 4.62. The molecule has 0 aromatic heterocycles. The molecule has 0 unspecified atom stereocenters. The number of nitrogens with zero attached hydrogens (tertiary/aromatic N) is 2. The Morgan fingerprint density at radius 2 is 1.59 bits per heavy atom. The van der Waals surface area contributed by atoms with Crippen molar-refractivity contribution in [3.8, 4) is 0 Å². The molecule has 7 nitrogen and oxygen atoms in total. The quantitative estimate of drug-likeness (QED) is 0.381. The van der Waals surface area contributed by atoms with Crippen molar-refractivity contribution in [2.45, 2.75) is 37.8 Å². The molecule has 3 aromatic rings. The zero-order chi connectivity index (χ0) is 27.0. The molecule has 2 amide bonds. The van der Waals surface area contributed by atoms with Gasteiger partial charge in [0.1, 0.15) is 18.4 Å². The molecular weight excluding hydrogens is 517 g/mol. The van der Waals surface area contributed by atoms with Gasteiger partial charge < -0.3 is 10.2 Å². The Kier molecular flexibility index (Phi) is 9.66. The number of anilines is 1. The molecule has 0 radical (unpaired) electrons.